The van der Waals surface area contributed by atoms with E-state index >= 15 is 0 Å². The lowest BCUT2D eigenvalue weighted by atomic mass is 10.0. The fourth-order valence-electron chi connectivity index (χ4n) is 4.51. The van der Waals surface area contributed by atoms with Gasteiger partial charge >= 0.3 is 6.09 Å². The smallest absolute Gasteiger partial charge is 0.408 e. The summed E-state index contributed by atoms with van der Waals surface area (Å²) in [4.78, 5) is 56.9. The molecule has 0 saturated carbocycles. The number of alkyl carbamates (subject to hydrolysis) is 1. The van der Waals surface area contributed by atoms with Crippen LogP contribution in [0.15, 0.2) is 72.8 Å². The van der Waals surface area contributed by atoms with Crippen LogP contribution in [0.2, 0.25) is 0 Å². The van der Waals surface area contributed by atoms with Gasteiger partial charge in [0.1, 0.15) is 11.6 Å². The van der Waals surface area contributed by atoms with Gasteiger partial charge in [-0.3, -0.25) is 14.4 Å². The summed E-state index contributed by atoms with van der Waals surface area (Å²) in [7, 11) is 0. The zero-order valence-corrected chi connectivity index (χ0v) is 22.9. The summed E-state index contributed by atoms with van der Waals surface area (Å²) in [5.41, 5.74) is 2.65. The average Bonchev–Trinajstić information content (AvgIpc) is 2.98. The first kappa shape index (κ1) is 27.6. The molecule has 8 heteroatoms. The second-order valence-corrected chi connectivity index (χ2v) is 10.6. The van der Waals surface area contributed by atoms with Crippen molar-refractivity contribution in [1.82, 2.24) is 5.32 Å². The fraction of sp³-hybridized carbons (Fsp3) is 0.290. The Bertz CT molecular complexity index is 1410. The zero-order chi connectivity index (χ0) is 28.3. The summed E-state index contributed by atoms with van der Waals surface area (Å²) in [6.07, 6.45) is -0.791. The summed E-state index contributed by atoms with van der Waals surface area (Å²) in [6.45, 7) is 8.46. The molecule has 1 atom stereocenters. The van der Waals surface area contributed by atoms with E-state index in [2.05, 4.69) is 5.32 Å². The topological polar surface area (TPSA) is 96.0 Å². The van der Waals surface area contributed by atoms with Crippen molar-refractivity contribution in [3.8, 4) is 0 Å². The molecule has 0 fully saturated rings. The molecule has 1 unspecified atom stereocenters. The van der Waals surface area contributed by atoms with Crippen LogP contribution in [-0.2, 0) is 9.53 Å². The highest BCUT2D eigenvalue weighted by Crippen LogP contribution is 2.35. The summed E-state index contributed by atoms with van der Waals surface area (Å²) in [5, 5.41) is 2.65. The molecule has 1 aliphatic heterocycles. The SMILES string of the molecule is Cc1ccc2c(c1)N(CC(=O)c1ccccc1C)C(=O)C(NC(=O)OC(C)(C)C)CN2C(=O)c1ccccc1. The summed E-state index contributed by atoms with van der Waals surface area (Å²) < 4.78 is 5.42. The Morgan fingerprint density at radius 2 is 1.59 bits per heavy atom. The molecule has 0 aliphatic carbocycles. The van der Waals surface area contributed by atoms with Crippen LogP contribution >= 0.6 is 0 Å². The van der Waals surface area contributed by atoms with E-state index in [-0.39, 0.29) is 24.8 Å². The van der Waals surface area contributed by atoms with E-state index in [0.717, 1.165) is 11.1 Å². The maximum Gasteiger partial charge on any atom is 0.408 e. The number of Topliss-reactive ketones (excluding diaryl/α,β-unsaturated/α-hetero) is 1. The number of nitrogens with zero attached hydrogens (tertiary/aromatic N) is 2. The highest BCUT2D eigenvalue weighted by atomic mass is 16.6. The van der Waals surface area contributed by atoms with Gasteiger partial charge in [0.25, 0.3) is 11.8 Å². The van der Waals surface area contributed by atoms with E-state index in [1.165, 1.54) is 9.80 Å². The number of anilines is 2. The fourth-order valence-corrected chi connectivity index (χ4v) is 4.51. The minimum absolute atomic E-state index is 0.142. The van der Waals surface area contributed by atoms with Crippen molar-refractivity contribution in [3.05, 3.63) is 95.1 Å². The number of amides is 3. The molecule has 3 amide bonds. The minimum atomic E-state index is -1.16. The number of ketones is 1. The largest absolute Gasteiger partial charge is 0.444 e. The molecule has 0 spiro atoms. The Morgan fingerprint density at radius 1 is 0.923 bits per heavy atom. The number of nitrogens with one attached hydrogen (secondary N) is 1. The normalized spacial score (nSPS) is 15.3. The van der Waals surface area contributed by atoms with E-state index in [9.17, 15) is 19.2 Å². The van der Waals surface area contributed by atoms with Crippen LogP contribution in [0.3, 0.4) is 0 Å². The number of fused-ring (bicyclic) bond motifs is 1. The van der Waals surface area contributed by atoms with Crippen molar-refractivity contribution in [2.75, 3.05) is 22.9 Å². The molecule has 0 radical (unpaired) electrons. The van der Waals surface area contributed by atoms with Gasteiger partial charge in [0.05, 0.1) is 24.5 Å². The highest BCUT2D eigenvalue weighted by molar-refractivity contribution is 6.15. The number of benzene rings is 3. The van der Waals surface area contributed by atoms with Crippen molar-refractivity contribution < 1.29 is 23.9 Å². The quantitative estimate of drug-likeness (QED) is 0.467. The molecule has 0 bridgehead atoms. The first-order valence-corrected chi connectivity index (χ1v) is 12.8. The molecule has 8 nitrogen and oxygen atoms in total. The van der Waals surface area contributed by atoms with E-state index in [0.29, 0.717) is 22.5 Å². The van der Waals surface area contributed by atoms with Crippen molar-refractivity contribution >= 4 is 35.1 Å². The third-order valence-corrected chi connectivity index (χ3v) is 6.35. The predicted molar refractivity (Wildman–Crippen MR) is 150 cm³/mol. The third kappa shape index (κ3) is 6.34. The number of carbonyl (C=O) groups excluding carboxylic acids is 4. The molecule has 3 aromatic carbocycles. The van der Waals surface area contributed by atoms with Gasteiger partial charge in [-0.15, -0.1) is 0 Å². The van der Waals surface area contributed by atoms with Crippen molar-refractivity contribution in [2.45, 2.75) is 46.3 Å². The van der Waals surface area contributed by atoms with Gasteiger partial charge in [0.15, 0.2) is 5.78 Å². The first-order chi connectivity index (χ1) is 18.4. The van der Waals surface area contributed by atoms with Crippen LogP contribution in [0.25, 0.3) is 0 Å². The molecule has 0 aromatic heterocycles. The lowest BCUT2D eigenvalue weighted by Crippen LogP contribution is -2.54. The molecule has 39 heavy (non-hydrogen) atoms. The van der Waals surface area contributed by atoms with Gasteiger partial charge in [-0.1, -0.05) is 48.5 Å². The van der Waals surface area contributed by atoms with Gasteiger partial charge in [-0.25, -0.2) is 4.79 Å². The molecule has 4 rings (SSSR count). The van der Waals surface area contributed by atoms with Crippen LogP contribution in [0.5, 0.6) is 0 Å². The van der Waals surface area contributed by atoms with E-state index < -0.39 is 23.6 Å². The van der Waals surface area contributed by atoms with Crippen molar-refractivity contribution in [3.63, 3.8) is 0 Å². The van der Waals surface area contributed by atoms with Crippen LogP contribution in [-0.4, -0.2) is 48.4 Å². The Labute approximate surface area is 228 Å². The molecular formula is C31H33N3O5. The monoisotopic (exact) mass is 527 g/mol. The molecule has 3 aromatic rings. The number of ether oxygens (including phenoxy) is 1. The lowest BCUT2D eigenvalue weighted by molar-refractivity contribution is -0.120. The lowest BCUT2D eigenvalue weighted by Gasteiger charge is -2.26. The van der Waals surface area contributed by atoms with Crippen LogP contribution in [0, 0.1) is 13.8 Å². The summed E-state index contributed by atoms with van der Waals surface area (Å²) in [6, 6.07) is 20.1. The maximum atomic E-state index is 14.0. The second-order valence-electron chi connectivity index (χ2n) is 10.6. The Kier molecular flexibility index (Phi) is 7.85. The molecule has 1 aliphatic rings. The van der Waals surface area contributed by atoms with E-state index in [4.69, 9.17) is 4.74 Å². The molecular weight excluding hydrogens is 494 g/mol. The van der Waals surface area contributed by atoms with Gasteiger partial charge < -0.3 is 19.9 Å². The Morgan fingerprint density at radius 3 is 2.26 bits per heavy atom. The summed E-state index contributed by atoms with van der Waals surface area (Å²) in [5.74, 6) is -1.11. The maximum absolute atomic E-state index is 14.0. The number of hydrogen-bond acceptors (Lipinski definition) is 5. The molecule has 202 valence electrons. The zero-order valence-electron chi connectivity index (χ0n) is 22.9. The Balaban J connectivity index is 1.80. The summed E-state index contributed by atoms with van der Waals surface area (Å²) >= 11 is 0. The number of hydrogen-bond donors (Lipinski definition) is 1. The van der Waals surface area contributed by atoms with Gasteiger partial charge in [0, 0.05) is 11.1 Å². The number of aryl methyl sites for hydroxylation is 2. The van der Waals surface area contributed by atoms with Crippen molar-refractivity contribution in [1.29, 1.82) is 0 Å². The predicted octanol–water partition coefficient (Wildman–Crippen LogP) is 5.07. The van der Waals surface area contributed by atoms with Gasteiger partial charge in [-0.05, 0) is 70.0 Å². The number of carbonyl (C=O) groups is 4. The van der Waals surface area contributed by atoms with Gasteiger partial charge in [0.2, 0.25) is 0 Å². The van der Waals surface area contributed by atoms with E-state index in [1.807, 2.05) is 38.1 Å². The van der Waals surface area contributed by atoms with Gasteiger partial charge in [-0.2, -0.15) is 0 Å². The van der Waals surface area contributed by atoms with Crippen LogP contribution < -0.4 is 15.1 Å². The Hall–Kier alpha value is -4.46. The average molecular weight is 528 g/mol. The van der Waals surface area contributed by atoms with Crippen LogP contribution in [0.4, 0.5) is 16.2 Å². The second kappa shape index (κ2) is 11.1. The standard InChI is InChI=1S/C31H33N3O5/c1-20-15-16-25-26(17-20)34(19-27(35)23-14-10-9-11-21(23)2)29(37)24(32-30(38)39-31(3,4)5)18-33(25)28(36)22-12-7-6-8-13-22/h6-17,24H,18-19H2,1-5H3,(H,32,38). The van der Waals surface area contributed by atoms with Crippen LogP contribution in [0.1, 0.15) is 52.6 Å². The molecule has 0 saturated heterocycles. The highest BCUT2D eigenvalue weighted by Gasteiger charge is 2.39. The third-order valence-electron chi connectivity index (χ3n) is 6.35. The van der Waals surface area contributed by atoms with E-state index in [1.54, 1.807) is 69.3 Å². The minimum Gasteiger partial charge on any atom is -0.444 e. The number of rotatable bonds is 5. The van der Waals surface area contributed by atoms with Crippen molar-refractivity contribution in [2.24, 2.45) is 0 Å². The molecule has 1 heterocycles. The first-order valence-electron chi connectivity index (χ1n) is 12.8. The molecule has 1 N–H and O–H groups in total.